The largest absolute Gasteiger partial charge is 0.383 e. The maximum absolute atomic E-state index is 6.00. The van der Waals surface area contributed by atoms with E-state index >= 15 is 0 Å². The molecule has 1 atom stereocenters. The van der Waals surface area contributed by atoms with Crippen molar-refractivity contribution < 1.29 is 4.74 Å². The fraction of sp³-hybridized carbons (Fsp3) is 0.545. The Morgan fingerprint density at radius 1 is 1.56 bits per heavy atom. The lowest BCUT2D eigenvalue weighted by Gasteiger charge is -2.08. The molecule has 1 unspecified atom stereocenters. The molecule has 0 saturated heterocycles. The van der Waals surface area contributed by atoms with Crippen LogP contribution in [0, 0.1) is 0 Å². The van der Waals surface area contributed by atoms with Crippen molar-refractivity contribution in [2.45, 2.75) is 18.3 Å². The van der Waals surface area contributed by atoms with Crippen molar-refractivity contribution >= 4 is 27.5 Å². The van der Waals surface area contributed by atoms with Gasteiger partial charge < -0.3 is 10.1 Å². The number of pyridine rings is 1. The third kappa shape index (κ3) is 5.80. The smallest absolute Gasteiger partial charge is 0.0626 e. The van der Waals surface area contributed by atoms with Crippen LogP contribution in [0.4, 0.5) is 0 Å². The van der Waals surface area contributed by atoms with E-state index in [0.29, 0.717) is 6.61 Å². The van der Waals surface area contributed by atoms with Crippen molar-refractivity contribution in [3.05, 3.63) is 28.5 Å². The molecular formula is C11H16BrClN2O. The van der Waals surface area contributed by atoms with Crippen LogP contribution in [0.15, 0.2) is 22.8 Å². The molecule has 1 rings (SSSR count). The third-order valence-corrected chi connectivity index (χ3v) is 2.89. The van der Waals surface area contributed by atoms with E-state index in [1.165, 1.54) is 0 Å². The van der Waals surface area contributed by atoms with E-state index in [-0.39, 0.29) is 5.38 Å². The summed E-state index contributed by atoms with van der Waals surface area (Å²) in [5.41, 5.74) is 1.03. The minimum atomic E-state index is 0.0791. The molecule has 0 radical (unpaired) electrons. The van der Waals surface area contributed by atoms with Gasteiger partial charge in [0, 0.05) is 24.3 Å². The molecule has 0 saturated carbocycles. The topological polar surface area (TPSA) is 34.1 Å². The predicted molar refractivity (Wildman–Crippen MR) is 69.8 cm³/mol. The Bertz CT molecular complexity index is 295. The van der Waals surface area contributed by atoms with Gasteiger partial charge in [-0.1, -0.05) is 0 Å². The summed E-state index contributed by atoms with van der Waals surface area (Å²) in [5.74, 6) is 0. The predicted octanol–water partition coefficient (Wildman–Crippen LogP) is 2.58. The summed E-state index contributed by atoms with van der Waals surface area (Å²) >= 11 is 9.35. The van der Waals surface area contributed by atoms with Gasteiger partial charge in [0.1, 0.15) is 0 Å². The number of nitrogens with one attached hydrogen (secondary N) is 1. The first-order chi connectivity index (χ1) is 7.72. The average molecular weight is 308 g/mol. The third-order valence-electron chi connectivity index (χ3n) is 2.08. The SMILES string of the molecule is COCC(Cl)CCNCc1ccc(Br)cn1. The van der Waals surface area contributed by atoms with Crippen molar-refractivity contribution in [1.29, 1.82) is 0 Å². The first-order valence-corrected chi connectivity index (χ1v) is 6.39. The standard InChI is InChI=1S/C11H16BrClN2O/c1-16-8-10(13)4-5-14-7-11-3-2-9(12)6-15-11/h2-3,6,10,14H,4-5,7-8H2,1H3. The number of hydrogen-bond donors (Lipinski definition) is 1. The number of nitrogens with zero attached hydrogens (tertiary/aromatic N) is 1. The summed E-state index contributed by atoms with van der Waals surface area (Å²) in [7, 11) is 1.66. The second-order valence-electron chi connectivity index (χ2n) is 3.49. The van der Waals surface area contributed by atoms with E-state index < -0.39 is 0 Å². The summed E-state index contributed by atoms with van der Waals surface area (Å²) in [4.78, 5) is 4.26. The van der Waals surface area contributed by atoms with Crippen molar-refractivity contribution in [1.82, 2.24) is 10.3 Å². The van der Waals surface area contributed by atoms with E-state index in [9.17, 15) is 0 Å². The number of methoxy groups -OCH3 is 1. The number of alkyl halides is 1. The highest BCUT2D eigenvalue weighted by atomic mass is 79.9. The van der Waals surface area contributed by atoms with Crippen LogP contribution >= 0.6 is 27.5 Å². The minimum Gasteiger partial charge on any atom is -0.383 e. The second-order valence-corrected chi connectivity index (χ2v) is 5.02. The van der Waals surface area contributed by atoms with Crippen molar-refractivity contribution in [3.8, 4) is 0 Å². The lowest BCUT2D eigenvalue weighted by atomic mass is 10.3. The Labute approximate surface area is 110 Å². The van der Waals surface area contributed by atoms with E-state index in [2.05, 4.69) is 26.2 Å². The summed E-state index contributed by atoms with van der Waals surface area (Å²) in [6, 6.07) is 3.98. The molecule has 1 heterocycles. The van der Waals surface area contributed by atoms with Crippen LogP contribution in [-0.4, -0.2) is 30.6 Å². The molecule has 1 aromatic heterocycles. The molecule has 0 fully saturated rings. The van der Waals surface area contributed by atoms with Crippen LogP contribution in [0.3, 0.4) is 0 Å². The van der Waals surface area contributed by atoms with E-state index in [1.807, 2.05) is 12.1 Å². The Morgan fingerprint density at radius 3 is 3.00 bits per heavy atom. The molecule has 0 bridgehead atoms. The fourth-order valence-corrected chi connectivity index (χ4v) is 1.72. The first-order valence-electron chi connectivity index (χ1n) is 5.16. The number of hydrogen-bond acceptors (Lipinski definition) is 3. The Balaban J connectivity index is 2.13. The van der Waals surface area contributed by atoms with Crippen LogP contribution in [-0.2, 0) is 11.3 Å². The van der Waals surface area contributed by atoms with Crippen LogP contribution in [0.25, 0.3) is 0 Å². The first kappa shape index (κ1) is 13.9. The van der Waals surface area contributed by atoms with Crippen molar-refractivity contribution in [3.63, 3.8) is 0 Å². The maximum atomic E-state index is 6.00. The molecule has 0 amide bonds. The van der Waals surface area contributed by atoms with Gasteiger partial charge in [0.05, 0.1) is 17.7 Å². The molecule has 3 nitrogen and oxygen atoms in total. The lowest BCUT2D eigenvalue weighted by molar-refractivity contribution is 0.195. The van der Waals surface area contributed by atoms with Crippen molar-refractivity contribution in [2.75, 3.05) is 20.3 Å². The van der Waals surface area contributed by atoms with Crippen LogP contribution in [0.2, 0.25) is 0 Å². The lowest BCUT2D eigenvalue weighted by Crippen LogP contribution is -2.20. The Hall–Kier alpha value is -0.160. The van der Waals surface area contributed by atoms with Crippen molar-refractivity contribution in [2.24, 2.45) is 0 Å². The van der Waals surface area contributed by atoms with Gasteiger partial charge in [0.2, 0.25) is 0 Å². The average Bonchev–Trinajstić information content (AvgIpc) is 2.27. The van der Waals surface area contributed by atoms with Gasteiger partial charge in [-0.15, -0.1) is 11.6 Å². The zero-order valence-electron chi connectivity index (χ0n) is 9.25. The number of ether oxygens (including phenoxy) is 1. The Kier molecular flexibility index (Phi) is 6.96. The highest BCUT2D eigenvalue weighted by molar-refractivity contribution is 9.10. The van der Waals surface area contributed by atoms with Gasteiger partial charge in [-0.25, -0.2) is 0 Å². The molecule has 1 N–H and O–H groups in total. The molecule has 1 aromatic rings. The molecule has 0 aliphatic heterocycles. The molecular weight excluding hydrogens is 291 g/mol. The molecule has 0 aliphatic carbocycles. The second kappa shape index (κ2) is 8.01. The molecule has 90 valence electrons. The molecule has 16 heavy (non-hydrogen) atoms. The van der Waals surface area contributed by atoms with Gasteiger partial charge in [0.15, 0.2) is 0 Å². The monoisotopic (exact) mass is 306 g/mol. The van der Waals surface area contributed by atoms with Gasteiger partial charge in [0.25, 0.3) is 0 Å². The molecule has 0 spiro atoms. The van der Waals surface area contributed by atoms with E-state index in [1.54, 1.807) is 13.3 Å². The molecule has 0 aliphatic rings. The Morgan fingerprint density at radius 2 is 2.38 bits per heavy atom. The number of aromatic nitrogens is 1. The quantitative estimate of drug-likeness (QED) is 0.621. The van der Waals surface area contributed by atoms with E-state index in [0.717, 1.165) is 29.7 Å². The minimum absolute atomic E-state index is 0.0791. The zero-order valence-corrected chi connectivity index (χ0v) is 11.6. The highest BCUT2D eigenvalue weighted by Crippen LogP contribution is 2.07. The summed E-state index contributed by atoms with van der Waals surface area (Å²) in [6.07, 6.45) is 2.69. The van der Waals surface area contributed by atoms with Crippen LogP contribution < -0.4 is 5.32 Å². The zero-order chi connectivity index (χ0) is 11.8. The van der Waals surface area contributed by atoms with E-state index in [4.69, 9.17) is 16.3 Å². The van der Waals surface area contributed by atoms with Gasteiger partial charge in [-0.3, -0.25) is 4.98 Å². The fourth-order valence-electron chi connectivity index (χ4n) is 1.25. The summed E-state index contributed by atoms with van der Waals surface area (Å²) in [5, 5.41) is 3.37. The van der Waals surface area contributed by atoms with Crippen LogP contribution in [0.1, 0.15) is 12.1 Å². The van der Waals surface area contributed by atoms with Gasteiger partial charge in [-0.05, 0) is 41.0 Å². The summed E-state index contributed by atoms with van der Waals surface area (Å²) < 4.78 is 5.95. The van der Waals surface area contributed by atoms with Crippen LogP contribution in [0.5, 0.6) is 0 Å². The maximum Gasteiger partial charge on any atom is 0.0626 e. The van der Waals surface area contributed by atoms with Gasteiger partial charge >= 0.3 is 0 Å². The molecule has 0 aromatic carbocycles. The number of rotatable bonds is 7. The summed E-state index contributed by atoms with van der Waals surface area (Å²) in [6.45, 7) is 2.24. The number of halogens is 2. The normalized spacial score (nSPS) is 12.7. The highest BCUT2D eigenvalue weighted by Gasteiger charge is 2.02. The van der Waals surface area contributed by atoms with Gasteiger partial charge in [-0.2, -0.15) is 0 Å². The molecule has 5 heteroatoms.